The first-order valence-corrected chi connectivity index (χ1v) is 9.38. The van der Waals surface area contributed by atoms with Crippen LogP contribution in [0.2, 0.25) is 0 Å². The van der Waals surface area contributed by atoms with Crippen LogP contribution < -0.4 is 10.6 Å². The van der Waals surface area contributed by atoms with Crippen LogP contribution in [-0.2, 0) is 4.74 Å². The molecule has 0 saturated heterocycles. The van der Waals surface area contributed by atoms with Gasteiger partial charge in [0.05, 0.1) is 12.2 Å². The maximum absolute atomic E-state index is 12.7. The molecule has 2 N–H and O–H groups in total. The van der Waals surface area contributed by atoms with Gasteiger partial charge in [-0.3, -0.25) is 14.7 Å². The number of nitrogens with one attached hydrogen (secondary N) is 2. The first-order valence-electron chi connectivity index (χ1n) is 9.38. The van der Waals surface area contributed by atoms with Crippen molar-refractivity contribution in [3.05, 3.63) is 78.8 Å². The first kappa shape index (κ1) is 19.1. The van der Waals surface area contributed by atoms with E-state index >= 15 is 0 Å². The van der Waals surface area contributed by atoms with Crippen LogP contribution in [0.3, 0.4) is 0 Å². The molecule has 1 aromatic carbocycles. The predicted molar refractivity (Wildman–Crippen MR) is 113 cm³/mol. The van der Waals surface area contributed by atoms with Crippen LogP contribution in [0.4, 0.5) is 16.3 Å². The molecule has 3 heterocycles. The minimum Gasteiger partial charge on any atom is -0.462 e. The minimum absolute atomic E-state index is 0.281. The first-order chi connectivity index (χ1) is 14.7. The molecular formula is C22H19N5O3. The van der Waals surface area contributed by atoms with Crippen molar-refractivity contribution in [3.63, 3.8) is 0 Å². The standard InChI is InChI=1S/C22H19N5O3/c1-2-30-21(28)16-6-5-7-17(14-16)24-22(29)26-20-19(15-9-11-23-12-10-15)25-18-8-3-4-13-27(18)20/h3-14H,2H2,1H3,(H2,24,26,29). The fourth-order valence-corrected chi connectivity index (χ4v) is 3.03. The van der Waals surface area contributed by atoms with Crippen molar-refractivity contribution < 1.29 is 14.3 Å². The second-order valence-electron chi connectivity index (χ2n) is 6.35. The highest BCUT2D eigenvalue weighted by molar-refractivity contribution is 6.02. The van der Waals surface area contributed by atoms with Crippen molar-refractivity contribution in [2.24, 2.45) is 0 Å². The number of imidazole rings is 1. The van der Waals surface area contributed by atoms with Gasteiger partial charge in [0.25, 0.3) is 0 Å². The molecule has 0 atom stereocenters. The third-order valence-corrected chi connectivity index (χ3v) is 4.35. The molecule has 150 valence electrons. The van der Waals surface area contributed by atoms with Crippen molar-refractivity contribution in [2.45, 2.75) is 6.92 Å². The Morgan fingerprint density at radius 3 is 2.67 bits per heavy atom. The molecule has 4 rings (SSSR count). The lowest BCUT2D eigenvalue weighted by Gasteiger charge is -2.10. The summed E-state index contributed by atoms with van der Waals surface area (Å²) in [4.78, 5) is 33.3. The smallest absolute Gasteiger partial charge is 0.338 e. The highest BCUT2D eigenvalue weighted by Gasteiger charge is 2.16. The molecule has 0 bridgehead atoms. The molecule has 2 amide bonds. The second-order valence-corrected chi connectivity index (χ2v) is 6.35. The van der Waals surface area contributed by atoms with E-state index in [1.54, 1.807) is 48.0 Å². The van der Waals surface area contributed by atoms with Gasteiger partial charge in [-0.2, -0.15) is 0 Å². The molecule has 0 radical (unpaired) electrons. The number of carbonyl (C=O) groups is 2. The Balaban J connectivity index is 1.61. The Morgan fingerprint density at radius 2 is 1.87 bits per heavy atom. The van der Waals surface area contributed by atoms with E-state index in [0.717, 1.165) is 5.56 Å². The molecule has 0 aliphatic rings. The quantitative estimate of drug-likeness (QED) is 0.488. The Labute approximate surface area is 172 Å². The maximum atomic E-state index is 12.7. The summed E-state index contributed by atoms with van der Waals surface area (Å²) in [5.41, 5.74) is 2.98. The number of esters is 1. The van der Waals surface area contributed by atoms with Gasteiger partial charge in [-0.25, -0.2) is 14.6 Å². The average molecular weight is 401 g/mol. The number of amides is 2. The Hall–Kier alpha value is -4.20. The molecule has 0 fully saturated rings. The number of carbonyl (C=O) groups excluding carboxylic acids is 2. The van der Waals surface area contributed by atoms with Gasteiger partial charge in [-0.1, -0.05) is 12.1 Å². The van der Waals surface area contributed by atoms with E-state index < -0.39 is 12.0 Å². The predicted octanol–water partition coefficient (Wildman–Crippen LogP) is 4.22. The normalized spacial score (nSPS) is 10.6. The van der Waals surface area contributed by atoms with Crippen molar-refractivity contribution in [3.8, 4) is 11.3 Å². The molecule has 0 saturated carbocycles. The van der Waals surface area contributed by atoms with Gasteiger partial charge in [0, 0.05) is 29.8 Å². The number of hydrogen-bond donors (Lipinski definition) is 2. The van der Waals surface area contributed by atoms with Crippen LogP contribution in [0.5, 0.6) is 0 Å². The van der Waals surface area contributed by atoms with Crippen LogP contribution in [0.15, 0.2) is 73.2 Å². The molecule has 0 aliphatic carbocycles. The van der Waals surface area contributed by atoms with Gasteiger partial charge in [0.1, 0.15) is 17.2 Å². The summed E-state index contributed by atoms with van der Waals surface area (Å²) in [7, 11) is 0. The zero-order chi connectivity index (χ0) is 20.9. The molecule has 8 nitrogen and oxygen atoms in total. The largest absolute Gasteiger partial charge is 0.462 e. The number of ether oxygens (including phenoxy) is 1. The Bertz CT molecular complexity index is 1200. The number of rotatable bonds is 5. The van der Waals surface area contributed by atoms with E-state index in [9.17, 15) is 9.59 Å². The summed E-state index contributed by atoms with van der Waals surface area (Å²) in [6, 6.07) is 15.4. The zero-order valence-electron chi connectivity index (χ0n) is 16.2. The van der Waals surface area contributed by atoms with E-state index in [1.807, 2.05) is 36.5 Å². The Morgan fingerprint density at radius 1 is 1.03 bits per heavy atom. The number of benzene rings is 1. The fraction of sp³-hybridized carbons (Fsp3) is 0.0909. The van der Waals surface area contributed by atoms with Crippen LogP contribution in [0.25, 0.3) is 16.9 Å². The summed E-state index contributed by atoms with van der Waals surface area (Å²) >= 11 is 0. The van der Waals surface area contributed by atoms with Crippen LogP contribution >= 0.6 is 0 Å². The molecule has 30 heavy (non-hydrogen) atoms. The summed E-state index contributed by atoms with van der Waals surface area (Å²) in [5, 5.41) is 5.62. The third kappa shape index (κ3) is 3.97. The molecule has 0 spiro atoms. The molecular weight excluding hydrogens is 382 g/mol. The molecule has 0 unspecified atom stereocenters. The SMILES string of the molecule is CCOC(=O)c1cccc(NC(=O)Nc2c(-c3ccncc3)nc3ccccn23)c1. The lowest BCUT2D eigenvalue weighted by atomic mass is 10.2. The van der Waals surface area contributed by atoms with E-state index in [2.05, 4.69) is 20.6 Å². The molecule has 3 aromatic heterocycles. The van der Waals surface area contributed by atoms with Crippen molar-refractivity contribution in [2.75, 3.05) is 17.2 Å². The highest BCUT2D eigenvalue weighted by atomic mass is 16.5. The molecule has 0 aliphatic heterocycles. The number of pyridine rings is 2. The average Bonchev–Trinajstić information content (AvgIpc) is 3.13. The van der Waals surface area contributed by atoms with E-state index in [0.29, 0.717) is 28.4 Å². The summed E-state index contributed by atoms with van der Waals surface area (Å²) in [5.74, 6) is 0.0826. The van der Waals surface area contributed by atoms with Gasteiger partial charge in [-0.05, 0) is 49.4 Å². The zero-order valence-corrected chi connectivity index (χ0v) is 16.2. The fourth-order valence-electron chi connectivity index (χ4n) is 3.03. The van der Waals surface area contributed by atoms with Crippen LogP contribution in [0.1, 0.15) is 17.3 Å². The van der Waals surface area contributed by atoms with Crippen LogP contribution in [0, 0.1) is 0 Å². The van der Waals surface area contributed by atoms with Crippen molar-refractivity contribution in [1.29, 1.82) is 0 Å². The third-order valence-electron chi connectivity index (χ3n) is 4.35. The van der Waals surface area contributed by atoms with Crippen molar-refractivity contribution >= 4 is 29.2 Å². The number of aromatic nitrogens is 3. The van der Waals surface area contributed by atoms with E-state index in [1.165, 1.54) is 0 Å². The van der Waals surface area contributed by atoms with Crippen molar-refractivity contribution in [1.82, 2.24) is 14.4 Å². The molecule has 4 aromatic rings. The van der Waals surface area contributed by atoms with Gasteiger partial charge in [-0.15, -0.1) is 0 Å². The van der Waals surface area contributed by atoms with Gasteiger partial charge < -0.3 is 10.1 Å². The lowest BCUT2D eigenvalue weighted by Crippen LogP contribution is -2.21. The van der Waals surface area contributed by atoms with E-state index in [-0.39, 0.29) is 6.61 Å². The number of hydrogen-bond acceptors (Lipinski definition) is 5. The summed E-state index contributed by atoms with van der Waals surface area (Å²) in [6.07, 6.45) is 5.16. The number of fused-ring (bicyclic) bond motifs is 1. The Kier molecular flexibility index (Phi) is 5.38. The minimum atomic E-state index is -0.461. The monoisotopic (exact) mass is 401 g/mol. The summed E-state index contributed by atoms with van der Waals surface area (Å²) in [6.45, 7) is 2.02. The van der Waals surface area contributed by atoms with Gasteiger partial charge in [0.15, 0.2) is 0 Å². The van der Waals surface area contributed by atoms with Crippen LogP contribution in [-0.4, -0.2) is 33.0 Å². The van der Waals surface area contributed by atoms with Gasteiger partial charge >= 0.3 is 12.0 Å². The molecule has 8 heteroatoms. The summed E-state index contributed by atoms with van der Waals surface area (Å²) < 4.78 is 6.80. The highest BCUT2D eigenvalue weighted by Crippen LogP contribution is 2.28. The second kappa shape index (κ2) is 8.44. The topological polar surface area (TPSA) is 97.6 Å². The maximum Gasteiger partial charge on any atom is 0.338 e. The lowest BCUT2D eigenvalue weighted by molar-refractivity contribution is 0.0526. The van der Waals surface area contributed by atoms with E-state index in [4.69, 9.17) is 4.74 Å². The number of urea groups is 1. The number of nitrogens with zero attached hydrogens (tertiary/aromatic N) is 3. The number of anilines is 2. The van der Waals surface area contributed by atoms with Gasteiger partial charge in [0.2, 0.25) is 0 Å².